The topological polar surface area (TPSA) is 52.3 Å². The fourth-order valence-corrected chi connectivity index (χ4v) is 1.76. The van der Waals surface area contributed by atoms with Crippen molar-refractivity contribution in [3.8, 4) is 0 Å². The van der Waals surface area contributed by atoms with Crippen LogP contribution in [0.4, 0.5) is 0 Å². The van der Waals surface area contributed by atoms with E-state index in [1.807, 2.05) is 13.8 Å². The van der Waals surface area contributed by atoms with Crippen molar-refractivity contribution in [1.29, 1.82) is 0 Å². The average molecular weight is 229 g/mol. The van der Waals surface area contributed by atoms with Crippen LogP contribution in [0.2, 0.25) is 0 Å². The molecular formula is C13H27NO2. The summed E-state index contributed by atoms with van der Waals surface area (Å²) in [7, 11) is 0. The number of carbonyl (C=O) groups is 1. The van der Waals surface area contributed by atoms with E-state index in [1.165, 1.54) is 25.7 Å². The lowest BCUT2D eigenvalue weighted by Gasteiger charge is -2.23. The minimum Gasteiger partial charge on any atom is -0.466 e. The SMILES string of the molecule is CCCCCCCC(C)(N)CC(=O)OCC. The zero-order valence-electron chi connectivity index (χ0n) is 11.1. The summed E-state index contributed by atoms with van der Waals surface area (Å²) >= 11 is 0. The molecule has 0 amide bonds. The zero-order valence-corrected chi connectivity index (χ0v) is 11.1. The predicted molar refractivity (Wildman–Crippen MR) is 67.2 cm³/mol. The molecule has 0 radical (unpaired) electrons. The van der Waals surface area contributed by atoms with E-state index in [9.17, 15) is 4.79 Å². The lowest BCUT2D eigenvalue weighted by Crippen LogP contribution is -2.39. The number of ether oxygens (including phenoxy) is 1. The molecule has 3 nitrogen and oxygen atoms in total. The fourth-order valence-electron chi connectivity index (χ4n) is 1.76. The number of nitrogens with two attached hydrogens (primary N) is 1. The van der Waals surface area contributed by atoms with Crippen molar-refractivity contribution < 1.29 is 9.53 Å². The van der Waals surface area contributed by atoms with Gasteiger partial charge in [-0.15, -0.1) is 0 Å². The Hall–Kier alpha value is -0.570. The van der Waals surface area contributed by atoms with Gasteiger partial charge >= 0.3 is 5.97 Å². The first-order chi connectivity index (χ1) is 7.52. The normalized spacial score (nSPS) is 14.5. The van der Waals surface area contributed by atoms with E-state index in [2.05, 4.69) is 6.92 Å². The number of unbranched alkanes of at least 4 members (excludes halogenated alkanes) is 4. The maximum atomic E-state index is 11.3. The van der Waals surface area contributed by atoms with Crippen LogP contribution in [0.25, 0.3) is 0 Å². The largest absolute Gasteiger partial charge is 0.466 e. The van der Waals surface area contributed by atoms with E-state index in [0.29, 0.717) is 13.0 Å². The lowest BCUT2D eigenvalue weighted by atomic mass is 9.92. The summed E-state index contributed by atoms with van der Waals surface area (Å²) in [6.45, 7) is 6.39. The van der Waals surface area contributed by atoms with E-state index >= 15 is 0 Å². The summed E-state index contributed by atoms with van der Waals surface area (Å²) in [6, 6.07) is 0. The van der Waals surface area contributed by atoms with Gasteiger partial charge in [0.05, 0.1) is 13.0 Å². The maximum absolute atomic E-state index is 11.3. The third kappa shape index (κ3) is 8.72. The molecule has 0 saturated carbocycles. The van der Waals surface area contributed by atoms with Gasteiger partial charge in [0.1, 0.15) is 0 Å². The molecule has 0 saturated heterocycles. The summed E-state index contributed by atoms with van der Waals surface area (Å²) in [4.78, 5) is 11.3. The molecule has 96 valence electrons. The molecule has 1 unspecified atom stereocenters. The number of carbonyl (C=O) groups excluding carboxylic acids is 1. The van der Waals surface area contributed by atoms with Crippen molar-refractivity contribution >= 4 is 5.97 Å². The molecule has 0 heterocycles. The molecule has 0 spiro atoms. The van der Waals surface area contributed by atoms with Gasteiger partial charge in [0.2, 0.25) is 0 Å². The minimum atomic E-state index is -0.404. The molecule has 0 aliphatic rings. The Labute approximate surface area is 99.7 Å². The van der Waals surface area contributed by atoms with Crippen LogP contribution in [-0.4, -0.2) is 18.1 Å². The van der Waals surface area contributed by atoms with Crippen LogP contribution < -0.4 is 5.73 Å². The Morgan fingerprint density at radius 2 is 1.81 bits per heavy atom. The van der Waals surface area contributed by atoms with Crippen LogP contribution >= 0.6 is 0 Å². The van der Waals surface area contributed by atoms with Gasteiger partial charge in [-0.1, -0.05) is 39.0 Å². The second kappa shape index (κ2) is 8.57. The highest BCUT2D eigenvalue weighted by Crippen LogP contribution is 2.17. The van der Waals surface area contributed by atoms with Crippen molar-refractivity contribution in [2.75, 3.05) is 6.61 Å². The Morgan fingerprint density at radius 3 is 2.38 bits per heavy atom. The zero-order chi connectivity index (χ0) is 12.4. The standard InChI is InChI=1S/C13H27NO2/c1-4-6-7-8-9-10-13(3,14)11-12(15)16-5-2/h4-11,14H2,1-3H3. The molecule has 0 aromatic heterocycles. The third-order valence-corrected chi connectivity index (χ3v) is 2.70. The van der Waals surface area contributed by atoms with Crippen molar-refractivity contribution in [1.82, 2.24) is 0 Å². The molecular weight excluding hydrogens is 202 g/mol. The van der Waals surface area contributed by atoms with Gasteiger partial charge in [0.15, 0.2) is 0 Å². The van der Waals surface area contributed by atoms with Gasteiger partial charge in [0.25, 0.3) is 0 Å². The lowest BCUT2D eigenvalue weighted by molar-refractivity contribution is -0.144. The van der Waals surface area contributed by atoms with Crippen LogP contribution in [0.15, 0.2) is 0 Å². The van der Waals surface area contributed by atoms with Crippen LogP contribution in [0, 0.1) is 0 Å². The molecule has 1 atom stereocenters. The fraction of sp³-hybridized carbons (Fsp3) is 0.923. The summed E-state index contributed by atoms with van der Waals surface area (Å²) in [5.74, 6) is -0.180. The molecule has 3 heteroatoms. The third-order valence-electron chi connectivity index (χ3n) is 2.70. The predicted octanol–water partition coefficient (Wildman–Crippen LogP) is 3.02. The summed E-state index contributed by atoms with van der Waals surface area (Å²) in [5.41, 5.74) is 5.66. The smallest absolute Gasteiger partial charge is 0.307 e. The monoisotopic (exact) mass is 229 g/mol. The van der Waals surface area contributed by atoms with Crippen molar-refractivity contribution in [2.24, 2.45) is 5.73 Å². The number of hydrogen-bond acceptors (Lipinski definition) is 3. The first-order valence-corrected chi connectivity index (χ1v) is 6.46. The highest BCUT2D eigenvalue weighted by molar-refractivity contribution is 5.70. The molecule has 0 aliphatic heterocycles. The molecule has 0 aromatic rings. The first kappa shape index (κ1) is 15.4. The average Bonchev–Trinajstić information content (AvgIpc) is 2.16. The summed E-state index contributed by atoms with van der Waals surface area (Å²) < 4.78 is 4.90. The van der Waals surface area contributed by atoms with E-state index in [1.54, 1.807) is 0 Å². The molecule has 0 aromatic carbocycles. The quantitative estimate of drug-likeness (QED) is 0.488. The van der Waals surface area contributed by atoms with Crippen molar-refractivity contribution in [3.05, 3.63) is 0 Å². The maximum Gasteiger partial charge on any atom is 0.307 e. The van der Waals surface area contributed by atoms with E-state index in [-0.39, 0.29) is 5.97 Å². The molecule has 2 N–H and O–H groups in total. The van der Waals surface area contributed by atoms with Gasteiger partial charge in [-0.3, -0.25) is 4.79 Å². The summed E-state index contributed by atoms with van der Waals surface area (Å²) in [5, 5.41) is 0. The highest BCUT2D eigenvalue weighted by Gasteiger charge is 2.22. The molecule has 16 heavy (non-hydrogen) atoms. The van der Waals surface area contributed by atoms with E-state index in [4.69, 9.17) is 10.5 Å². The molecule has 0 aliphatic carbocycles. The Bertz CT molecular complexity index is 190. The van der Waals surface area contributed by atoms with Crippen LogP contribution in [0.3, 0.4) is 0 Å². The minimum absolute atomic E-state index is 0.180. The van der Waals surface area contributed by atoms with Crippen LogP contribution in [-0.2, 0) is 9.53 Å². The Morgan fingerprint density at radius 1 is 1.19 bits per heavy atom. The van der Waals surface area contributed by atoms with Gasteiger partial charge in [-0.25, -0.2) is 0 Å². The molecule has 0 bridgehead atoms. The van der Waals surface area contributed by atoms with E-state index in [0.717, 1.165) is 12.8 Å². The highest BCUT2D eigenvalue weighted by atomic mass is 16.5. The van der Waals surface area contributed by atoms with Crippen LogP contribution in [0.5, 0.6) is 0 Å². The Kier molecular flexibility index (Phi) is 8.26. The second-order valence-electron chi connectivity index (χ2n) is 4.80. The van der Waals surface area contributed by atoms with Gasteiger partial charge in [0, 0.05) is 5.54 Å². The van der Waals surface area contributed by atoms with Gasteiger partial charge in [-0.05, 0) is 20.3 Å². The van der Waals surface area contributed by atoms with Crippen molar-refractivity contribution in [2.45, 2.75) is 71.3 Å². The summed E-state index contributed by atoms with van der Waals surface area (Å²) in [6.07, 6.45) is 7.36. The van der Waals surface area contributed by atoms with Gasteiger partial charge in [-0.2, -0.15) is 0 Å². The van der Waals surface area contributed by atoms with Gasteiger partial charge < -0.3 is 10.5 Å². The molecule has 0 fully saturated rings. The number of esters is 1. The second-order valence-corrected chi connectivity index (χ2v) is 4.80. The number of rotatable bonds is 9. The van der Waals surface area contributed by atoms with Crippen molar-refractivity contribution in [3.63, 3.8) is 0 Å². The first-order valence-electron chi connectivity index (χ1n) is 6.46. The number of hydrogen-bond donors (Lipinski definition) is 1. The van der Waals surface area contributed by atoms with E-state index < -0.39 is 5.54 Å². The van der Waals surface area contributed by atoms with Crippen LogP contribution in [0.1, 0.15) is 65.7 Å². The Balaban J connectivity index is 3.65. The molecule has 0 rings (SSSR count).